The number of aryl methyl sites for hydroxylation is 1. The third kappa shape index (κ3) is 7.19. The molecule has 2 bridgehead atoms. The van der Waals surface area contributed by atoms with Crippen molar-refractivity contribution in [2.75, 3.05) is 50.8 Å². The zero-order chi connectivity index (χ0) is 37.0. The van der Waals surface area contributed by atoms with E-state index in [1.165, 1.54) is 11.1 Å². The molecular formula is C40H55ClN4O6S. The molecule has 0 unspecified atom stereocenters. The minimum absolute atomic E-state index is 0.00241. The first kappa shape index (κ1) is 37.5. The highest BCUT2D eigenvalue weighted by molar-refractivity contribution is 7.90. The van der Waals surface area contributed by atoms with E-state index in [0.29, 0.717) is 64.3 Å². The van der Waals surface area contributed by atoms with Crippen LogP contribution in [0, 0.1) is 17.8 Å². The van der Waals surface area contributed by atoms with Crippen molar-refractivity contribution < 1.29 is 27.9 Å². The number of carbonyl (C=O) groups is 2. The van der Waals surface area contributed by atoms with Crippen LogP contribution in [0.1, 0.15) is 94.1 Å². The van der Waals surface area contributed by atoms with E-state index in [9.17, 15) is 23.1 Å². The van der Waals surface area contributed by atoms with Crippen molar-refractivity contribution in [1.82, 2.24) is 14.5 Å². The van der Waals surface area contributed by atoms with Gasteiger partial charge in [0.25, 0.3) is 5.91 Å². The topological polar surface area (TPSA) is 119 Å². The van der Waals surface area contributed by atoms with E-state index in [0.717, 1.165) is 42.8 Å². The molecule has 5 aliphatic rings. The molecule has 0 aromatic heterocycles. The number of β-amino-alcohol motifs (C(OH)–C–C–N with tert-alkyl or cyclic N) is 1. The average molecular weight is 755 g/mol. The second-order valence-corrected chi connectivity index (χ2v) is 19.3. The zero-order valence-corrected chi connectivity index (χ0v) is 32.6. The Morgan fingerprint density at radius 2 is 1.85 bits per heavy atom. The van der Waals surface area contributed by atoms with Gasteiger partial charge in [-0.25, -0.2) is 13.1 Å². The Balaban J connectivity index is 1.26. The van der Waals surface area contributed by atoms with Crippen LogP contribution in [0.15, 0.2) is 36.4 Å². The second-order valence-electron chi connectivity index (χ2n) is 16.8. The molecule has 10 nitrogen and oxygen atoms in total. The van der Waals surface area contributed by atoms with Gasteiger partial charge in [0, 0.05) is 54.8 Å². The third-order valence-electron chi connectivity index (χ3n) is 13.1. The van der Waals surface area contributed by atoms with E-state index < -0.39 is 26.8 Å². The number of ether oxygens (including phenoxy) is 1. The summed E-state index contributed by atoms with van der Waals surface area (Å²) >= 11 is 6.47. The van der Waals surface area contributed by atoms with Gasteiger partial charge in [-0.3, -0.25) is 14.5 Å². The molecule has 2 aromatic rings. The number of benzene rings is 2. The van der Waals surface area contributed by atoms with Gasteiger partial charge < -0.3 is 19.6 Å². The van der Waals surface area contributed by atoms with Crippen molar-refractivity contribution in [2.45, 2.75) is 101 Å². The molecule has 7 rings (SSSR count). The summed E-state index contributed by atoms with van der Waals surface area (Å²) in [6.45, 7) is 11.4. The quantitative estimate of drug-likeness (QED) is 0.429. The summed E-state index contributed by atoms with van der Waals surface area (Å²) in [4.78, 5) is 33.1. The van der Waals surface area contributed by atoms with Crippen molar-refractivity contribution in [1.29, 1.82) is 0 Å². The highest BCUT2D eigenvalue weighted by atomic mass is 35.5. The monoisotopic (exact) mass is 754 g/mol. The van der Waals surface area contributed by atoms with Crippen LogP contribution in [0.3, 0.4) is 0 Å². The molecule has 12 heteroatoms. The van der Waals surface area contributed by atoms with Crippen molar-refractivity contribution in [3.63, 3.8) is 0 Å². The SMILES string of the molecule is CC(C)N1CCN(C[C@]2(O)CCC[C@H](C)[C@@H](C)S(=O)(=O)NC(=O)c3ccc4c(c3)N(C[C@@H]3CC[C@H]32)C[C@@]2(CCCc3cc(Cl)ccc32)CO4)CC1=O. The minimum atomic E-state index is -3.98. The van der Waals surface area contributed by atoms with Crippen LogP contribution in [-0.2, 0) is 26.7 Å². The predicted molar refractivity (Wildman–Crippen MR) is 204 cm³/mol. The van der Waals surface area contributed by atoms with Gasteiger partial charge in [-0.05, 0) is 125 Å². The number of anilines is 1. The van der Waals surface area contributed by atoms with Crippen LogP contribution in [0.5, 0.6) is 5.75 Å². The van der Waals surface area contributed by atoms with E-state index in [-0.39, 0.29) is 47.2 Å². The molecule has 1 saturated carbocycles. The zero-order valence-electron chi connectivity index (χ0n) is 31.1. The molecule has 2 amide bonds. The van der Waals surface area contributed by atoms with Crippen molar-refractivity contribution in [3.8, 4) is 5.75 Å². The number of piperazine rings is 1. The summed E-state index contributed by atoms with van der Waals surface area (Å²) in [7, 11) is -3.98. The maximum Gasteiger partial charge on any atom is 0.264 e. The highest BCUT2D eigenvalue weighted by Crippen LogP contribution is 2.49. The van der Waals surface area contributed by atoms with Gasteiger partial charge in [0.1, 0.15) is 5.75 Å². The molecule has 2 aliphatic carbocycles. The highest BCUT2D eigenvalue weighted by Gasteiger charge is 2.50. The van der Waals surface area contributed by atoms with E-state index in [4.69, 9.17) is 16.3 Å². The smallest absolute Gasteiger partial charge is 0.264 e. The van der Waals surface area contributed by atoms with Crippen LogP contribution in [-0.4, -0.2) is 97.9 Å². The number of rotatable bonds is 3. The van der Waals surface area contributed by atoms with Crippen LogP contribution in [0.25, 0.3) is 0 Å². The number of sulfonamides is 1. The Bertz CT molecular complexity index is 1810. The maximum absolute atomic E-state index is 13.6. The van der Waals surface area contributed by atoms with Gasteiger partial charge in [0.05, 0.1) is 29.7 Å². The van der Waals surface area contributed by atoms with Gasteiger partial charge in [-0.1, -0.05) is 31.0 Å². The summed E-state index contributed by atoms with van der Waals surface area (Å²) in [6, 6.07) is 11.5. The maximum atomic E-state index is 13.6. The summed E-state index contributed by atoms with van der Waals surface area (Å²) in [5.74, 6) is 0.0470. The number of halogens is 1. The lowest BCUT2D eigenvalue weighted by Crippen LogP contribution is -2.60. The van der Waals surface area contributed by atoms with Gasteiger partial charge in [0.15, 0.2) is 0 Å². The number of hydrogen-bond acceptors (Lipinski definition) is 8. The van der Waals surface area contributed by atoms with Gasteiger partial charge in [0.2, 0.25) is 15.9 Å². The van der Waals surface area contributed by atoms with Crippen LogP contribution < -0.4 is 14.4 Å². The molecule has 2 N–H and O–H groups in total. The predicted octanol–water partition coefficient (Wildman–Crippen LogP) is 5.39. The number of hydrogen-bond donors (Lipinski definition) is 2. The minimum Gasteiger partial charge on any atom is -0.490 e. The Morgan fingerprint density at radius 1 is 1.04 bits per heavy atom. The third-order valence-corrected chi connectivity index (χ3v) is 15.3. The summed E-state index contributed by atoms with van der Waals surface area (Å²) in [6.07, 6.45) is 6.46. The normalized spacial score (nSPS) is 32.7. The fourth-order valence-corrected chi connectivity index (χ4v) is 11.3. The summed E-state index contributed by atoms with van der Waals surface area (Å²) in [5.41, 5.74) is 2.14. The molecule has 3 aliphatic heterocycles. The molecule has 2 aromatic carbocycles. The number of amides is 2. The molecule has 2 fully saturated rings. The van der Waals surface area contributed by atoms with E-state index in [2.05, 4.69) is 26.7 Å². The lowest BCUT2D eigenvalue weighted by Gasteiger charge is -2.52. The van der Waals surface area contributed by atoms with Crippen molar-refractivity contribution in [3.05, 3.63) is 58.1 Å². The molecule has 1 spiro atoms. The number of nitrogens with one attached hydrogen (secondary N) is 1. The lowest BCUT2D eigenvalue weighted by molar-refractivity contribution is -0.143. The average Bonchev–Trinajstić information content (AvgIpc) is 3.22. The fourth-order valence-electron chi connectivity index (χ4n) is 9.77. The largest absolute Gasteiger partial charge is 0.490 e. The van der Waals surface area contributed by atoms with E-state index >= 15 is 0 Å². The second kappa shape index (κ2) is 14.4. The Hall–Kier alpha value is -2.86. The summed E-state index contributed by atoms with van der Waals surface area (Å²) < 4.78 is 36.1. The van der Waals surface area contributed by atoms with Crippen molar-refractivity contribution in [2.24, 2.45) is 17.8 Å². The van der Waals surface area contributed by atoms with Gasteiger partial charge in [-0.2, -0.15) is 0 Å². The molecule has 52 heavy (non-hydrogen) atoms. The molecule has 0 radical (unpaired) electrons. The van der Waals surface area contributed by atoms with Crippen molar-refractivity contribution >= 4 is 39.1 Å². The molecular weight excluding hydrogens is 700 g/mol. The Morgan fingerprint density at radius 3 is 2.58 bits per heavy atom. The fraction of sp³-hybridized carbons (Fsp3) is 0.650. The standard InChI is InChI=1S/C40H55ClN4O6S/c1-26(2)45-18-17-43(22-37(45)46)24-40(48)16-5-7-27(3)28(4)52(49,50)42-38(47)30-10-14-36-35(20-30)44(21-31-9-12-34(31)40)23-39(25-51-36)15-6-8-29-19-32(41)11-13-33(29)39/h10-11,13-14,19-20,26-28,31,34,48H,5-9,12,15-18,21-25H2,1-4H3,(H,42,47)/t27-,28+,31-,34+,39-,40+/m0/s1. The number of fused-ring (bicyclic) bond motifs is 4. The number of carbonyl (C=O) groups excluding carboxylic acids is 2. The molecule has 1 saturated heterocycles. The Kier molecular flexibility index (Phi) is 10.4. The van der Waals surface area contributed by atoms with Gasteiger partial charge in [-0.15, -0.1) is 0 Å². The van der Waals surface area contributed by atoms with E-state index in [1.807, 2.05) is 31.7 Å². The van der Waals surface area contributed by atoms with Crippen LogP contribution in [0.4, 0.5) is 5.69 Å². The lowest BCUT2D eigenvalue weighted by atomic mass is 9.62. The number of aliphatic hydroxyl groups is 1. The first-order valence-corrected chi connectivity index (χ1v) is 21.2. The van der Waals surface area contributed by atoms with E-state index in [1.54, 1.807) is 25.1 Å². The number of nitrogens with zero attached hydrogens (tertiary/aromatic N) is 3. The first-order chi connectivity index (χ1) is 24.7. The van der Waals surface area contributed by atoms with Crippen LogP contribution >= 0.6 is 11.6 Å². The molecule has 6 atom stereocenters. The summed E-state index contributed by atoms with van der Waals surface area (Å²) in [5, 5.41) is 12.7. The molecule has 284 valence electrons. The first-order valence-electron chi connectivity index (χ1n) is 19.3. The van der Waals surface area contributed by atoms with Gasteiger partial charge >= 0.3 is 0 Å². The Labute approximate surface area is 314 Å². The molecule has 3 heterocycles. The van der Waals surface area contributed by atoms with Crippen LogP contribution in [0.2, 0.25) is 5.02 Å².